The first kappa shape index (κ1) is 32.6. The Morgan fingerprint density at radius 1 is 0.935 bits per heavy atom. The van der Waals surface area contributed by atoms with Crippen molar-refractivity contribution in [3.05, 3.63) is 59.3 Å². The number of urea groups is 1. The summed E-state index contributed by atoms with van der Waals surface area (Å²) in [6.45, 7) is 12.1. The minimum absolute atomic E-state index is 0.0400. The number of aryl methyl sites for hydroxylation is 1. The predicted octanol–water partition coefficient (Wildman–Crippen LogP) is 5.50. The fourth-order valence-electron chi connectivity index (χ4n) is 7.97. The Morgan fingerprint density at radius 3 is 2.35 bits per heavy atom. The summed E-state index contributed by atoms with van der Waals surface area (Å²) in [6.07, 6.45) is 12.9. The Bertz CT molecular complexity index is 1310. The highest BCUT2D eigenvalue weighted by atomic mass is 16.6. The molecule has 6 rings (SSSR count). The molecule has 2 atom stereocenters. The highest BCUT2D eigenvalue weighted by Crippen LogP contribution is 2.33. The molecule has 4 amide bonds. The molecule has 4 saturated heterocycles. The molecule has 4 heterocycles. The summed E-state index contributed by atoms with van der Waals surface area (Å²) in [4.78, 5) is 48.8. The van der Waals surface area contributed by atoms with Gasteiger partial charge in [-0.3, -0.25) is 4.79 Å². The van der Waals surface area contributed by atoms with E-state index in [1.807, 2.05) is 47.1 Å². The second kappa shape index (κ2) is 14.2. The van der Waals surface area contributed by atoms with Gasteiger partial charge in [0.2, 0.25) is 0 Å². The number of ether oxygens (including phenoxy) is 1. The summed E-state index contributed by atoms with van der Waals surface area (Å²) in [5, 5.41) is 3.13. The van der Waals surface area contributed by atoms with Gasteiger partial charge < -0.3 is 29.7 Å². The SMILES string of the molecule is Cc1cccc(C[C@@H](OC(=O)N2CCC(N3CCC4CC=CC=C4NC3=O)CC2)C(=O)N2CCC(N3CCC(C)(C)CC3)CC2)c1. The lowest BCUT2D eigenvalue weighted by Gasteiger charge is -2.44. The van der Waals surface area contributed by atoms with Crippen LogP contribution in [-0.4, -0.2) is 102 Å². The van der Waals surface area contributed by atoms with Crippen LogP contribution in [0.25, 0.3) is 0 Å². The fraction of sp³-hybridized carbons (Fsp3) is 0.649. The van der Waals surface area contributed by atoms with Crippen LogP contribution >= 0.6 is 0 Å². The maximum Gasteiger partial charge on any atom is 0.410 e. The van der Waals surface area contributed by atoms with Crippen molar-refractivity contribution in [1.82, 2.24) is 24.9 Å². The number of allylic oxidation sites excluding steroid dienone is 4. The second-order valence-corrected chi connectivity index (χ2v) is 14.9. The van der Waals surface area contributed by atoms with Crippen LogP contribution in [0.1, 0.15) is 76.3 Å². The summed E-state index contributed by atoms with van der Waals surface area (Å²) < 4.78 is 6.08. The van der Waals surface area contributed by atoms with E-state index < -0.39 is 12.2 Å². The molecule has 4 fully saturated rings. The number of fused-ring (bicyclic) bond motifs is 1. The Labute approximate surface area is 275 Å². The molecule has 1 aromatic carbocycles. The maximum absolute atomic E-state index is 14.0. The third kappa shape index (κ3) is 7.79. The van der Waals surface area contributed by atoms with Crippen LogP contribution in [-0.2, 0) is 16.0 Å². The van der Waals surface area contributed by atoms with Gasteiger partial charge in [0, 0.05) is 62.8 Å². The molecule has 1 aliphatic carbocycles. The first-order valence-corrected chi connectivity index (χ1v) is 17.6. The number of carbonyl (C=O) groups excluding carboxylic acids is 3. The lowest BCUT2D eigenvalue weighted by Crippen LogP contribution is -2.53. The zero-order valence-corrected chi connectivity index (χ0v) is 28.1. The molecule has 0 saturated carbocycles. The number of rotatable bonds is 6. The van der Waals surface area contributed by atoms with E-state index in [2.05, 4.69) is 36.2 Å². The van der Waals surface area contributed by atoms with E-state index >= 15 is 0 Å². The molecule has 9 nitrogen and oxygen atoms in total. The lowest BCUT2D eigenvalue weighted by atomic mass is 9.82. The van der Waals surface area contributed by atoms with Gasteiger partial charge in [0.05, 0.1) is 0 Å². The second-order valence-electron chi connectivity index (χ2n) is 14.9. The number of carbonyl (C=O) groups is 3. The molecule has 1 unspecified atom stereocenters. The van der Waals surface area contributed by atoms with Crippen LogP contribution in [0, 0.1) is 18.3 Å². The zero-order valence-electron chi connectivity index (χ0n) is 28.1. The summed E-state index contributed by atoms with van der Waals surface area (Å²) in [5.74, 6) is 0.273. The number of nitrogens with one attached hydrogen (secondary N) is 1. The molecule has 9 heteroatoms. The Hall–Kier alpha value is -3.33. The largest absolute Gasteiger partial charge is 0.436 e. The molecule has 46 heavy (non-hydrogen) atoms. The van der Waals surface area contributed by atoms with Gasteiger partial charge in [-0.2, -0.15) is 0 Å². The van der Waals surface area contributed by atoms with Gasteiger partial charge in [0.15, 0.2) is 6.10 Å². The van der Waals surface area contributed by atoms with Gasteiger partial charge in [0.1, 0.15) is 0 Å². The van der Waals surface area contributed by atoms with E-state index in [-0.39, 0.29) is 18.0 Å². The molecular formula is C37H53N5O4. The monoisotopic (exact) mass is 631 g/mol. The molecule has 4 aliphatic heterocycles. The smallest absolute Gasteiger partial charge is 0.410 e. The van der Waals surface area contributed by atoms with Crippen LogP contribution in [0.5, 0.6) is 0 Å². The molecule has 0 spiro atoms. The summed E-state index contributed by atoms with van der Waals surface area (Å²) in [6, 6.07) is 8.66. The first-order valence-electron chi connectivity index (χ1n) is 17.6. The number of hydrogen-bond donors (Lipinski definition) is 1. The van der Waals surface area contributed by atoms with Crippen LogP contribution in [0.4, 0.5) is 9.59 Å². The number of hydrogen-bond acceptors (Lipinski definition) is 5. The van der Waals surface area contributed by atoms with Gasteiger partial charge in [-0.15, -0.1) is 0 Å². The Morgan fingerprint density at radius 2 is 1.63 bits per heavy atom. The van der Waals surface area contributed by atoms with Crippen LogP contribution in [0.15, 0.2) is 48.2 Å². The zero-order chi connectivity index (χ0) is 32.3. The Kier molecular flexibility index (Phi) is 10.1. The predicted molar refractivity (Wildman–Crippen MR) is 179 cm³/mol. The molecule has 0 radical (unpaired) electrons. The van der Waals surface area contributed by atoms with Gasteiger partial charge in [-0.05, 0) is 88.4 Å². The van der Waals surface area contributed by atoms with E-state index in [9.17, 15) is 14.4 Å². The summed E-state index contributed by atoms with van der Waals surface area (Å²) in [5.41, 5.74) is 3.55. The van der Waals surface area contributed by atoms with E-state index in [1.165, 1.54) is 12.8 Å². The highest BCUT2D eigenvalue weighted by Gasteiger charge is 2.37. The molecular weight excluding hydrogens is 578 g/mol. The van der Waals surface area contributed by atoms with Crippen molar-refractivity contribution in [3.63, 3.8) is 0 Å². The average Bonchev–Trinajstić information content (AvgIpc) is 3.22. The highest BCUT2D eigenvalue weighted by molar-refractivity contribution is 5.84. The van der Waals surface area contributed by atoms with E-state index in [0.29, 0.717) is 62.8 Å². The van der Waals surface area contributed by atoms with Gasteiger partial charge >= 0.3 is 12.1 Å². The van der Waals surface area contributed by atoms with Crippen LogP contribution in [0.3, 0.4) is 0 Å². The third-order valence-electron chi connectivity index (χ3n) is 11.1. The topological polar surface area (TPSA) is 85.4 Å². The number of piperidine rings is 3. The molecule has 0 bridgehead atoms. The average molecular weight is 632 g/mol. The number of nitrogens with zero attached hydrogens (tertiary/aromatic N) is 4. The molecule has 0 aromatic heterocycles. The van der Waals surface area contributed by atoms with Gasteiger partial charge in [0.25, 0.3) is 5.91 Å². The maximum atomic E-state index is 14.0. The molecule has 5 aliphatic rings. The third-order valence-corrected chi connectivity index (χ3v) is 11.1. The van der Waals surface area contributed by atoms with Crippen LogP contribution in [0.2, 0.25) is 0 Å². The van der Waals surface area contributed by atoms with Crippen molar-refractivity contribution in [1.29, 1.82) is 0 Å². The molecule has 250 valence electrons. The fourth-order valence-corrected chi connectivity index (χ4v) is 7.97. The quantitative estimate of drug-likeness (QED) is 0.449. The summed E-state index contributed by atoms with van der Waals surface area (Å²) in [7, 11) is 0. The number of likely N-dealkylation sites (tertiary alicyclic amines) is 3. The van der Waals surface area contributed by atoms with Crippen molar-refractivity contribution in [3.8, 4) is 0 Å². The summed E-state index contributed by atoms with van der Waals surface area (Å²) >= 11 is 0. The number of benzene rings is 1. The van der Waals surface area contributed by atoms with E-state index in [4.69, 9.17) is 4.74 Å². The van der Waals surface area contributed by atoms with Crippen molar-refractivity contribution < 1.29 is 19.1 Å². The molecule has 1 aromatic rings. The van der Waals surface area contributed by atoms with Crippen molar-refractivity contribution in [2.24, 2.45) is 11.3 Å². The van der Waals surface area contributed by atoms with Crippen molar-refractivity contribution >= 4 is 18.0 Å². The minimum Gasteiger partial charge on any atom is -0.436 e. The van der Waals surface area contributed by atoms with E-state index in [1.54, 1.807) is 4.90 Å². The van der Waals surface area contributed by atoms with E-state index in [0.717, 1.165) is 62.1 Å². The van der Waals surface area contributed by atoms with Crippen molar-refractivity contribution in [2.45, 2.75) is 96.7 Å². The lowest BCUT2D eigenvalue weighted by molar-refractivity contribution is -0.142. The van der Waals surface area contributed by atoms with Gasteiger partial charge in [-0.25, -0.2) is 9.59 Å². The molecule has 1 N–H and O–H groups in total. The standard InChI is InChI=1S/C37H53N5O4/c1-27-7-6-8-28(25-27)26-33(34(43)40-18-12-30(13-19-40)39-23-16-37(2,3)17-24-39)46-36(45)41-20-14-31(15-21-41)42-22-11-29-9-4-5-10-32(29)38-35(42)44/h4-8,10,25,29-31,33H,9,11-24,26H2,1-3H3,(H,38,44)/t29?,33-/m1/s1. The van der Waals surface area contributed by atoms with Crippen LogP contribution < -0.4 is 5.32 Å². The first-order chi connectivity index (χ1) is 22.1. The van der Waals surface area contributed by atoms with Crippen molar-refractivity contribution in [2.75, 3.05) is 45.8 Å². The number of amides is 4. The minimum atomic E-state index is -0.860. The van der Waals surface area contributed by atoms with Gasteiger partial charge in [-0.1, -0.05) is 55.8 Å². The Balaban J connectivity index is 1.05. The normalized spacial score (nSPS) is 25.3.